The number of carbonyl (C=O) groups is 2. The molecule has 0 atom stereocenters. The van der Waals surface area contributed by atoms with E-state index >= 15 is 0 Å². The first kappa shape index (κ1) is 19.9. The van der Waals surface area contributed by atoms with E-state index in [4.69, 9.17) is 11.6 Å². The summed E-state index contributed by atoms with van der Waals surface area (Å²) in [7, 11) is 1.79. The zero-order chi connectivity index (χ0) is 19.9. The fourth-order valence-corrected chi connectivity index (χ4v) is 3.86. The molecular formula is C21H18ClN3O2S. The Bertz CT molecular complexity index is 996. The molecular weight excluding hydrogens is 394 g/mol. The minimum Gasteiger partial charge on any atom is -0.387 e. The van der Waals surface area contributed by atoms with E-state index in [-0.39, 0.29) is 5.91 Å². The van der Waals surface area contributed by atoms with Crippen LogP contribution in [0.5, 0.6) is 0 Å². The van der Waals surface area contributed by atoms with Crippen LogP contribution >= 0.6 is 23.4 Å². The van der Waals surface area contributed by atoms with Crippen LogP contribution in [-0.2, 0) is 6.54 Å². The second-order valence-corrected chi connectivity index (χ2v) is 7.43. The summed E-state index contributed by atoms with van der Waals surface area (Å²) in [6.07, 6.45) is 4.21. The molecule has 3 rings (SSSR count). The van der Waals surface area contributed by atoms with Crippen molar-refractivity contribution in [3.05, 3.63) is 82.6 Å². The van der Waals surface area contributed by atoms with Crippen LogP contribution in [0.4, 0.5) is 5.69 Å². The van der Waals surface area contributed by atoms with Crippen molar-refractivity contribution in [2.24, 2.45) is 0 Å². The van der Waals surface area contributed by atoms with Gasteiger partial charge >= 0.3 is 0 Å². The Morgan fingerprint density at radius 1 is 1.18 bits per heavy atom. The lowest BCUT2D eigenvalue weighted by Gasteiger charge is -2.12. The number of benzene rings is 2. The monoisotopic (exact) mass is 411 g/mol. The molecule has 1 heterocycles. The van der Waals surface area contributed by atoms with Gasteiger partial charge in [0, 0.05) is 57.6 Å². The van der Waals surface area contributed by atoms with E-state index in [9.17, 15) is 9.59 Å². The number of rotatable bonds is 7. The highest BCUT2D eigenvalue weighted by Gasteiger charge is 2.12. The molecule has 1 aromatic heterocycles. The number of nitrogens with zero attached hydrogens (tertiary/aromatic N) is 1. The molecule has 2 N–H and O–H groups in total. The standard InChI is InChI=1S/C21H18ClN3O2S/c1-23-18-9-15(21(27)25-12-14-3-2-8-24-11-14)5-7-19(18)28-20-10-17(22)6-4-16(20)13-26/h2-11,13,23H,12H2,1H3,(H,25,27). The molecule has 0 fully saturated rings. The lowest BCUT2D eigenvalue weighted by molar-refractivity contribution is 0.0950. The fourth-order valence-electron chi connectivity index (χ4n) is 2.56. The molecule has 142 valence electrons. The normalized spacial score (nSPS) is 10.4. The molecule has 2 aromatic carbocycles. The summed E-state index contributed by atoms with van der Waals surface area (Å²) in [5.74, 6) is -0.173. The van der Waals surface area contributed by atoms with Crippen molar-refractivity contribution in [1.29, 1.82) is 0 Å². The molecule has 7 heteroatoms. The second-order valence-electron chi connectivity index (χ2n) is 5.91. The van der Waals surface area contributed by atoms with Crippen LogP contribution in [0, 0.1) is 0 Å². The summed E-state index contributed by atoms with van der Waals surface area (Å²) >= 11 is 7.48. The molecule has 5 nitrogen and oxygen atoms in total. The van der Waals surface area contributed by atoms with Gasteiger partial charge in [0.1, 0.15) is 0 Å². The third-order valence-electron chi connectivity index (χ3n) is 4.01. The number of hydrogen-bond donors (Lipinski definition) is 2. The van der Waals surface area contributed by atoms with Crippen molar-refractivity contribution in [2.45, 2.75) is 16.3 Å². The Hall–Kier alpha value is -2.83. The predicted molar refractivity (Wildman–Crippen MR) is 112 cm³/mol. The lowest BCUT2D eigenvalue weighted by Crippen LogP contribution is -2.22. The maximum atomic E-state index is 12.5. The minimum atomic E-state index is -0.173. The van der Waals surface area contributed by atoms with E-state index in [1.807, 2.05) is 18.2 Å². The Morgan fingerprint density at radius 2 is 2.04 bits per heavy atom. The molecule has 0 spiro atoms. The third kappa shape index (κ3) is 4.91. The maximum absolute atomic E-state index is 12.5. The van der Waals surface area contributed by atoms with Gasteiger partial charge in [0.15, 0.2) is 6.29 Å². The Balaban J connectivity index is 1.77. The number of pyridine rings is 1. The van der Waals surface area contributed by atoms with Crippen molar-refractivity contribution in [2.75, 3.05) is 12.4 Å². The molecule has 0 unspecified atom stereocenters. The molecule has 1 amide bonds. The van der Waals surface area contributed by atoms with E-state index in [1.54, 1.807) is 49.8 Å². The number of aromatic nitrogens is 1. The van der Waals surface area contributed by atoms with Gasteiger partial charge in [-0.05, 0) is 48.0 Å². The van der Waals surface area contributed by atoms with Crippen molar-refractivity contribution < 1.29 is 9.59 Å². The maximum Gasteiger partial charge on any atom is 0.251 e. The highest BCUT2D eigenvalue weighted by molar-refractivity contribution is 7.99. The van der Waals surface area contributed by atoms with Crippen LogP contribution in [0.25, 0.3) is 0 Å². The Kier molecular flexibility index (Phi) is 6.68. The highest BCUT2D eigenvalue weighted by Crippen LogP contribution is 2.36. The zero-order valence-corrected chi connectivity index (χ0v) is 16.7. The summed E-state index contributed by atoms with van der Waals surface area (Å²) in [6, 6.07) is 14.3. The van der Waals surface area contributed by atoms with Gasteiger partial charge in [0.05, 0.1) is 0 Å². The summed E-state index contributed by atoms with van der Waals surface area (Å²) < 4.78 is 0. The average molecular weight is 412 g/mol. The van der Waals surface area contributed by atoms with E-state index < -0.39 is 0 Å². The van der Waals surface area contributed by atoms with E-state index in [0.29, 0.717) is 22.7 Å². The van der Waals surface area contributed by atoms with Gasteiger partial charge in [-0.3, -0.25) is 14.6 Å². The SMILES string of the molecule is CNc1cc(C(=O)NCc2cccnc2)ccc1Sc1cc(Cl)ccc1C=O. The zero-order valence-electron chi connectivity index (χ0n) is 15.1. The van der Waals surface area contributed by atoms with E-state index in [0.717, 1.165) is 27.3 Å². The average Bonchev–Trinajstić information content (AvgIpc) is 2.73. The summed E-state index contributed by atoms with van der Waals surface area (Å²) in [5.41, 5.74) is 2.82. The Morgan fingerprint density at radius 3 is 2.75 bits per heavy atom. The number of amides is 1. The Labute approximate surface area is 172 Å². The molecule has 3 aromatic rings. The van der Waals surface area contributed by atoms with Gasteiger partial charge in [-0.15, -0.1) is 0 Å². The lowest BCUT2D eigenvalue weighted by atomic mass is 10.2. The minimum absolute atomic E-state index is 0.173. The van der Waals surface area contributed by atoms with Gasteiger partial charge in [-0.2, -0.15) is 0 Å². The number of aldehydes is 1. The van der Waals surface area contributed by atoms with Crippen LogP contribution in [0.3, 0.4) is 0 Å². The first-order chi connectivity index (χ1) is 13.6. The molecule has 0 aliphatic rings. The molecule has 0 aliphatic carbocycles. The van der Waals surface area contributed by atoms with Crippen LogP contribution in [0.15, 0.2) is 70.7 Å². The van der Waals surface area contributed by atoms with Crippen LogP contribution in [0.2, 0.25) is 5.02 Å². The third-order valence-corrected chi connectivity index (χ3v) is 5.39. The summed E-state index contributed by atoms with van der Waals surface area (Å²) in [5, 5.41) is 6.55. The number of hydrogen-bond acceptors (Lipinski definition) is 5. The van der Waals surface area contributed by atoms with Gasteiger partial charge < -0.3 is 10.6 Å². The van der Waals surface area contributed by atoms with Gasteiger partial charge in [-0.25, -0.2) is 0 Å². The highest BCUT2D eigenvalue weighted by atomic mass is 35.5. The van der Waals surface area contributed by atoms with Crippen molar-refractivity contribution in [1.82, 2.24) is 10.3 Å². The summed E-state index contributed by atoms with van der Waals surface area (Å²) in [4.78, 5) is 29.4. The molecule has 0 bridgehead atoms. The van der Waals surface area contributed by atoms with E-state index in [2.05, 4.69) is 15.6 Å². The predicted octanol–water partition coefficient (Wildman–Crippen LogP) is 4.67. The largest absolute Gasteiger partial charge is 0.387 e. The quantitative estimate of drug-likeness (QED) is 0.553. The fraction of sp³-hybridized carbons (Fsp3) is 0.0952. The smallest absolute Gasteiger partial charge is 0.251 e. The number of carbonyl (C=O) groups excluding carboxylic acids is 2. The van der Waals surface area contributed by atoms with Gasteiger partial charge in [-0.1, -0.05) is 29.4 Å². The molecule has 0 saturated carbocycles. The van der Waals surface area contributed by atoms with Crippen molar-refractivity contribution in [3.63, 3.8) is 0 Å². The van der Waals surface area contributed by atoms with Gasteiger partial charge in [0.25, 0.3) is 5.91 Å². The van der Waals surface area contributed by atoms with Crippen LogP contribution in [0.1, 0.15) is 26.3 Å². The molecule has 0 aliphatic heterocycles. The molecule has 0 saturated heterocycles. The molecule has 0 radical (unpaired) electrons. The van der Waals surface area contributed by atoms with E-state index in [1.165, 1.54) is 11.8 Å². The number of nitrogens with one attached hydrogen (secondary N) is 2. The van der Waals surface area contributed by atoms with Crippen molar-refractivity contribution >= 4 is 41.2 Å². The second kappa shape index (κ2) is 9.39. The van der Waals surface area contributed by atoms with Gasteiger partial charge in [0.2, 0.25) is 0 Å². The van der Waals surface area contributed by atoms with Crippen LogP contribution < -0.4 is 10.6 Å². The first-order valence-corrected chi connectivity index (χ1v) is 9.71. The number of halogens is 1. The van der Waals surface area contributed by atoms with Crippen molar-refractivity contribution in [3.8, 4) is 0 Å². The topological polar surface area (TPSA) is 71.1 Å². The number of anilines is 1. The first-order valence-electron chi connectivity index (χ1n) is 8.52. The molecule has 28 heavy (non-hydrogen) atoms. The van der Waals surface area contributed by atoms with Crippen LogP contribution in [-0.4, -0.2) is 24.2 Å². The summed E-state index contributed by atoms with van der Waals surface area (Å²) in [6.45, 7) is 0.406.